The van der Waals surface area contributed by atoms with E-state index in [4.69, 9.17) is 4.74 Å². The predicted molar refractivity (Wildman–Crippen MR) is 98.7 cm³/mol. The van der Waals surface area contributed by atoms with Gasteiger partial charge in [-0.1, -0.05) is 13.8 Å². The first kappa shape index (κ1) is 20.6. The molecule has 0 bridgehead atoms. The number of hydrogen-bond donors (Lipinski definition) is 1. The van der Waals surface area contributed by atoms with Gasteiger partial charge in [0.1, 0.15) is 0 Å². The van der Waals surface area contributed by atoms with Crippen molar-refractivity contribution in [3.63, 3.8) is 0 Å². The summed E-state index contributed by atoms with van der Waals surface area (Å²) in [5.41, 5.74) is 0. The van der Waals surface area contributed by atoms with Gasteiger partial charge in [-0.2, -0.15) is 0 Å². The van der Waals surface area contributed by atoms with Crippen molar-refractivity contribution in [2.75, 3.05) is 19.4 Å². The molecule has 146 valence electrons. The van der Waals surface area contributed by atoms with Crippen molar-refractivity contribution in [3.8, 4) is 0 Å². The van der Waals surface area contributed by atoms with Crippen molar-refractivity contribution >= 4 is 15.9 Å². The van der Waals surface area contributed by atoms with Crippen molar-refractivity contribution < 1.29 is 17.9 Å². The Morgan fingerprint density at radius 1 is 1.20 bits per heavy atom. The normalized spacial score (nSPS) is 31.3. The summed E-state index contributed by atoms with van der Waals surface area (Å²) in [4.78, 5) is 13.8. The van der Waals surface area contributed by atoms with Crippen LogP contribution < -0.4 is 4.72 Å². The molecule has 2 aliphatic rings. The number of carbonyl (C=O) groups is 1. The summed E-state index contributed by atoms with van der Waals surface area (Å²) < 4.78 is 32.2. The Bertz CT molecular complexity index is 541. The molecular weight excluding hydrogens is 340 g/mol. The van der Waals surface area contributed by atoms with Gasteiger partial charge in [-0.05, 0) is 50.4 Å². The third kappa shape index (κ3) is 6.22. The van der Waals surface area contributed by atoms with Gasteiger partial charge in [-0.3, -0.25) is 4.79 Å². The van der Waals surface area contributed by atoms with Gasteiger partial charge in [-0.25, -0.2) is 13.1 Å². The van der Waals surface area contributed by atoms with Crippen LogP contribution in [-0.2, 0) is 19.6 Å². The van der Waals surface area contributed by atoms with Gasteiger partial charge in [0.2, 0.25) is 15.9 Å². The molecule has 0 radical (unpaired) electrons. The zero-order chi connectivity index (χ0) is 18.6. The highest BCUT2D eigenvalue weighted by Crippen LogP contribution is 2.31. The average molecular weight is 375 g/mol. The summed E-state index contributed by atoms with van der Waals surface area (Å²) >= 11 is 0. The molecule has 1 saturated heterocycles. The molecule has 0 aromatic carbocycles. The summed E-state index contributed by atoms with van der Waals surface area (Å²) in [7, 11) is -3.31. The molecule has 1 heterocycles. The van der Waals surface area contributed by atoms with E-state index in [1.165, 1.54) is 19.1 Å². The highest BCUT2D eigenvalue weighted by atomic mass is 32.2. The highest BCUT2D eigenvalue weighted by molar-refractivity contribution is 7.88. The van der Waals surface area contributed by atoms with E-state index in [1.807, 2.05) is 0 Å². The number of likely N-dealkylation sites (tertiary alicyclic amines) is 1. The molecule has 7 heteroatoms. The van der Waals surface area contributed by atoms with Gasteiger partial charge in [0.15, 0.2) is 0 Å². The number of nitrogens with one attached hydrogen (secondary N) is 1. The summed E-state index contributed by atoms with van der Waals surface area (Å²) in [6, 6.07) is -0.483. The number of sulfonamides is 1. The summed E-state index contributed by atoms with van der Waals surface area (Å²) in [5.74, 6) is 1.48. The van der Waals surface area contributed by atoms with E-state index in [1.54, 1.807) is 11.8 Å². The van der Waals surface area contributed by atoms with Crippen LogP contribution in [0.1, 0.15) is 59.3 Å². The van der Waals surface area contributed by atoms with Crippen LogP contribution in [0.2, 0.25) is 0 Å². The lowest BCUT2D eigenvalue weighted by atomic mass is 9.80. The number of nitrogens with zero attached hydrogens (tertiary/aromatic N) is 1. The summed E-state index contributed by atoms with van der Waals surface area (Å²) in [6.07, 6.45) is 7.44. The minimum absolute atomic E-state index is 0.0166. The molecular formula is C18H34N2O4S. The maximum atomic E-state index is 12.0. The van der Waals surface area contributed by atoms with E-state index in [0.29, 0.717) is 13.2 Å². The van der Waals surface area contributed by atoms with Gasteiger partial charge in [-0.15, -0.1) is 0 Å². The lowest BCUT2D eigenvalue weighted by molar-refractivity contribution is -0.136. The molecule has 1 N–H and O–H groups in total. The third-order valence-electron chi connectivity index (χ3n) is 5.71. The van der Waals surface area contributed by atoms with Crippen molar-refractivity contribution in [3.05, 3.63) is 0 Å². The lowest BCUT2D eigenvalue weighted by Crippen LogP contribution is -2.58. The molecule has 2 atom stereocenters. The van der Waals surface area contributed by atoms with E-state index < -0.39 is 10.0 Å². The quantitative estimate of drug-likeness (QED) is 0.773. The van der Waals surface area contributed by atoms with E-state index >= 15 is 0 Å². The molecule has 2 rings (SSSR count). The second kappa shape index (κ2) is 8.82. The van der Waals surface area contributed by atoms with Crippen LogP contribution in [0.15, 0.2) is 0 Å². The topological polar surface area (TPSA) is 75.7 Å². The predicted octanol–water partition coefficient (Wildman–Crippen LogP) is 2.15. The summed E-state index contributed by atoms with van der Waals surface area (Å²) in [6.45, 7) is 7.18. The number of ether oxygens (including phenoxy) is 1. The highest BCUT2D eigenvalue weighted by Gasteiger charge is 2.35. The Hall–Kier alpha value is -0.660. The molecule has 0 unspecified atom stereocenters. The standard InChI is InChI=1S/C18H34N2O4S/c1-13(2)15-7-9-16(10-8-15)24-12-18-17(19-25(4,22)23)6-5-11-20(18)14(3)21/h13,15-19H,5-12H2,1-4H3/t15-,16+,17-,18-/m0/s1. The number of amides is 1. The maximum Gasteiger partial charge on any atom is 0.219 e. The van der Waals surface area contributed by atoms with Crippen LogP contribution in [0.4, 0.5) is 0 Å². The first-order valence-corrected chi connectivity index (χ1v) is 11.4. The molecule has 0 aromatic rings. The fourth-order valence-corrected chi connectivity index (χ4v) is 5.05. The van der Waals surface area contributed by atoms with Crippen molar-refractivity contribution in [2.45, 2.75) is 77.5 Å². The van der Waals surface area contributed by atoms with E-state index in [2.05, 4.69) is 18.6 Å². The van der Waals surface area contributed by atoms with Crippen LogP contribution in [0.5, 0.6) is 0 Å². The van der Waals surface area contributed by atoms with Crippen LogP contribution >= 0.6 is 0 Å². The zero-order valence-electron chi connectivity index (χ0n) is 16.0. The first-order chi connectivity index (χ1) is 11.7. The largest absolute Gasteiger partial charge is 0.376 e. The van der Waals surface area contributed by atoms with E-state index in [0.717, 1.165) is 37.5 Å². The van der Waals surface area contributed by atoms with Crippen molar-refractivity contribution in [1.82, 2.24) is 9.62 Å². The Kier molecular flexibility index (Phi) is 7.29. The average Bonchev–Trinajstić information content (AvgIpc) is 2.52. The molecule has 0 aromatic heterocycles. The van der Waals surface area contributed by atoms with Crippen molar-refractivity contribution in [1.29, 1.82) is 0 Å². The van der Waals surface area contributed by atoms with Crippen molar-refractivity contribution in [2.24, 2.45) is 11.8 Å². The second-order valence-electron chi connectivity index (χ2n) is 8.03. The van der Waals surface area contributed by atoms with Crippen LogP contribution in [0.25, 0.3) is 0 Å². The molecule has 2 fully saturated rings. The molecule has 1 aliphatic heterocycles. The number of carbonyl (C=O) groups excluding carboxylic acids is 1. The molecule has 25 heavy (non-hydrogen) atoms. The minimum Gasteiger partial charge on any atom is -0.376 e. The molecule has 6 nitrogen and oxygen atoms in total. The Balaban J connectivity index is 1.95. The molecule has 1 amide bonds. The lowest BCUT2D eigenvalue weighted by Gasteiger charge is -2.41. The zero-order valence-corrected chi connectivity index (χ0v) is 16.8. The first-order valence-electron chi connectivity index (χ1n) is 9.53. The van der Waals surface area contributed by atoms with Crippen LogP contribution in [-0.4, -0.2) is 56.8 Å². The molecule has 0 spiro atoms. The Labute approximate surface area is 152 Å². The monoisotopic (exact) mass is 374 g/mol. The smallest absolute Gasteiger partial charge is 0.219 e. The Morgan fingerprint density at radius 3 is 2.36 bits per heavy atom. The molecule has 1 saturated carbocycles. The number of piperidine rings is 1. The molecule has 1 aliphatic carbocycles. The Morgan fingerprint density at radius 2 is 1.84 bits per heavy atom. The van der Waals surface area contributed by atoms with Gasteiger partial charge in [0.25, 0.3) is 0 Å². The second-order valence-corrected chi connectivity index (χ2v) is 9.81. The summed E-state index contributed by atoms with van der Waals surface area (Å²) in [5, 5.41) is 0. The third-order valence-corrected chi connectivity index (χ3v) is 6.44. The van der Waals surface area contributed by atoms with E-state index in [9.17, 15) is 13.2 Å². The van der Waals surface area contributed by atoms with Crippen LogP contribution in [0, 0.1) is 11.8 Å². The fourth-order valence-electron chi connectivity index (χ4n) is 4.22. The van der Waals surface area contributed by atoms with Gasteiger partial charge in [0.05, 0.1) is 25.0 Å². The fraction of sp³-hybridized carbons (Fsp3) is 0.944. The SMILES string of the molecule is CC(=O)N1CCC[C@H](NS(C)(=O)=O)[C@@H]1CO[C@H]1CC[C@@H](C(C)C)CC1. The maximum absolute atomic E-state index is 12.0. The van der Waals surface area contributed by atoms with E-state index in [-0.39, 0.29) is 24.1 Å². The van der Waals surface area contributed by atoms with Gasteiger partial charge >= 0.3 is 0 Å². The number of rotatable bonds is 6. The minimum atomic E-state index is -3.31. The number of hydrogen-bond acceptors (Lipinski definition) is 4. The van der Waals surface area contributed by atoms with Gasteiger partial charge in [0, 0.05) is 19.5 Å². The van der Waals surface area contributed by atoms with Crippen LogP contribution in [0.3, 0.4) is 0 Å². The van der Waals surface area contributed by atoms with Gasteiger partial charge < -0.3 is 9.64 Å².